The minimum absolute atomic E-state index is 0.0147. The molecule has 1 aromatic carbocycles. The number of likely N-dealkylation sites (tertiary alicyclic amines) is 1. The van der Waals surface area contributed by atoms with E-state index in [0.29, 0.717) is 11.3 Å². The quantitative estimate of drug-likeness (QED) is 0.762. The Labute approximate surface area is 141 Å². The molecule has 0 radical (unpaired) electrons. The van der Waals surface area contributed by atoms with Gasteiger partial charge in [0.1, 0.15) is 6.04 Å². The van der Waals surface area contributed by atoms with E-state index < -0.39 is 12.1 Å². The fourth-order valence-electron chi connectivity index (χ4n) is 2.71. The number of carbonyl (C=O) groups is 3. The molecule has 1 atom stereocenters. The molecule has 1 heterocycles. The van der Waals surface area contributed by atoms with Crippen LogP contribution in [-0.2, 0) is 4.79 Å². The molecule has 0 spiro atoms. The lowest BCUT2D eigenvalue weighted by atomic mass is 10.0. The van der Waals surface area contributed by atoms with Crippen LogP contribution in [0.4, 0.5) is 10.5 Å². The van der Waals surface area contributed by atoms with Gasteiger partial charge in [-0.2, -0.15) is 0 Å². The van der Waals surface area contributed by atoms with Gasteiger partial charge in [-0.25, -0.2) is 4.79 Å². The number of nitrogens with two attached hydrogens (primary N) is 1. The van der Waals surface area contributed by atoms with Crippen molar-refractivity contribution >= 4 is 23.5 Å². The summed E-state index contributed by atoms with van der Waals surface area (Å²) in [5.74, 6) is -0.434. The van der Waals surface area contributed by atoms with Crippen molar-refractivity contribution < 1.29 is 14.4 Å². The van der Waals surface area contributed by atoms with Gasteiger partial charge in [0.05, 0.1) is 0 Å². The highest BCUT2D eigenvalue weighted by Crippen LogP contribution is 2.16. The highest BCUT2D eigenvalue weighted by molar-refractivity contribution is 5.98. The van der Waals surface area contributed by atoms with Gasteiger partial charge < -0.3 is 21.3 Å². The Balaban J connectivity index is 2.01. The molecule has 1 aliphatic heterocycles. The first-order valence-corrected chi connectivity index (χ1v) is 8.14. The second-order valence-corrected chi connectivity index (χ2v) is 6.30. The number of urea groups is 1. The monoisotopic (exact) mass is 332 g/mol. The van der Waals surface area contributed by atoms with Gasteiger partial charge in [-0.3, -0.25) is 9.59 Å². The number of benzene rings is 1. The van der Waals surface area contributed by atoms with Crippen LogP contribution >= 0.6 is 0 Å². The van der Waals surface area contributed by atoms with Crippen molar-refractivity contribution in [1.82, 2.24) is 10.2 Å². The predicted octanol–water partition coefficient (Wildman–Crippen LogP) is 1.55. The average Bonchev–Trinajstić information content (AvgIpc) is 3.06. The average molecular weight is 332 g/mol. The van der Waals surface area contributed by atoms with Crippen LogP contribution in [-0.4, -0.2) is 41.9 Å². The molecule has 0 unspecified atom stereocenters. The Kier molecular flexibility index (Phi) is 5.78. The van der Waals surface area contributed by atoms with E-state index >= 15 is 0 Å². The van der Waals surface area contributed by atoms with Gasteiger partial charge in [-0.15, -0.1) is 0 Å². The fourth-order valence-corrected chi connectivity index (χ4v) is 2.71. The third-order valence-corrected chi connectivity index (χ3v) is 4.04. The molecule has 7 nitrogen and oxygen atoms in total. The summed E-state index contributed by atoms with van der Waals surface area (Å²) in [4.78, 5) is 37.4. The molecule has 0 saturated carbocycles. The fraction of sp³-hybridized carbons (Fsp3) is 0.471. The molecule has 0 aromatic heterocycles. The summed E-state index contributed by atoms with van der Waals surface area (Å²) in [5, 5.41) is 5.16. The molecule has 1 fully saturated rings. The van der Waals surface area contributed by atoms with Crippen LogP contribution in [0.2, 0.25) is 0 Å². The Hall–Kier alpha value is -2.57. The Morgan fingerprint density at radius 1 is 1.08 bits per heavy atom. The molecule has 0 aliphatic carbocycles. The van der Waals surface area contributed by atoms with Gasteiger partial charge in [-0.05, 0) is 43.0 Å². The largest absolute Gasteiger partial charge is 0.352 e. The van der Waals surface area contributed by atoms with Gasteiger partial charge >= 0.3 is 6.03 Å². The van der Waals surface area contributed by atoms with Gasteiger partial charge in [0, 0.05) is 24.3 Å². The molecule has 4 N–H and O–H groups in total. The maximum atomic E-state index is 12.3. The van der Waals surface area contributed by atoms with Crippen molar-refractivity contribution in [2.24, 2.45) is 11.7 Å². The van der Waals surface area contributed by atoms with Gasteiger partial charge in [-0.1, -0.05) is 13.8 Å². The van der Waals surface area contributed by atoms with Gasteiger partial charge in [0.25, 0.3) is 5.91 Å². The van der Waals surface area contributed by atoms with Crippen molar-refractivity contribution in [3.8, 4) is 0 Å². The second kappa shape index (κ2) is 7.81. The number of carbonyl (C=O) groups excluding carboxylic acids is 3. The van der Waals surface area contributed by atoms with E-state index in [0.717, 1.165) is 25.9 Å². The Morgan fingerprint density at radius 3 is 2.17 bits per heavy atom. The Morgan fingerprint density at radius 2 is 1.67 bits per heavy atom. The van der Waals surface area contributed by atoms with E-state index in [1.54, 1.807) is 24.3 Å². The van der Waals surface area contributed by atoms with Crippen LogP contribution in [0.5, 0.6) is 0 Å². The molecule has 0 bridgehead atoms. The minimum atomic E-state index is -0.740. The second-order valence-electron chi connectivity index (χ2n) is 6.30. The molecular formula is C17H24N4O3. The summed E-state index contributed by atoms with van der Waals surface area (Å²) in [6, 6.07) is 5.31. The summed E-state index contributed by atoms with van der Waals surface area (Å²) in [5.41, 5.74) is 6.27. The number of nitrogens with one attached hydrogen (secondary N) is 2. The van der Waals surface area contributed by atoms with E-state index in [4.69, 9.17) is 5.73 Å². The highest BCUT2D eigenvalue weighted by atomic mass is 16.2. The number of hydrogen-bond acceptors (Lipinski definition) is 3. The third-order valence-electron chi connectivity index (χ3n) is 4.04. The Bertz CT molecular complexity index is 607. The van der Waals surface area contributed by atoms with E-state index in [9.17, 15) is 14.4 Å². The molecule has 2 rings (SSSR count). The molecule has 1 aromatic rings. The molecular weight excluding hydrogens is 308 g/mol. The van der Waals surface area contributed by atoms with Crippen molar-refractivity contribution in [2.75, 3.05) is 18.4 Å². The normalized spacial score (nSPS) is 15.2. The van der Waals surface area contributed by atoms with Crippen LogP contribution in [0.3, 0.4) is 0 Å². The van der Waals surface area contributed by atoms with Crippen molar-refractivity contribution in [2.45, 2.75) is 32.7 Å². The lowest BCUT2D eigenvalue weighted by molar-refractivity contribution is -0.118. The molecule has 4 amide bonds. The van der Waals surface area contributed by atoms with Crippen molar-refractivity contribution in [1.29, 1.82) is 0 Å². The maximum Gasteiger partial charge on any atom is 0.312 e. The van der Waals surface area contributed by atoms with Gasteiger partial charge in [0.2, 0.25) is 5.91 Å². The van der Waals surface area contributed by atoms with E-state index in [2.05, 4.69) is 10.6 Å². The zero-order valence-corrected chi connectivity index (χ0v) is 14.0. The van der Waals surface area contributed by atoms with Crippen molar-refractivity contribution in [3.63, 3.8) is 0 Å². The standard InChI is InChI=1S/C17H24N4O3/c1-11(2)14(20-17(18)24)15(22)19-13-7-5-12(6-8-13)16(23)21-9-3-4-10-21/h5-8,11,14H,3-4,9-10H2,1-2H3,(H,19,22)(H3,18,20,24)/t14-/m0/s1. The number of primary amides is 1. The van der Waals surface area contributed by atoms with Gasteiger partial charge in [0.15, 0.2) is 0 Å². The first kappa shape index (κ1) is 17.8. The summed E-state index contributed by atoms with van der Waals surface area (Å²) in [6.45, 7) is 5.23. The predicted molar refractivity (Wildman–Crippen MR) is 91.6 cm³/mol. The SMILES string of the molecule is CC(C)[C@H](NC(N)=O)C(=O)Nc1ccc(C(=O)N2CCCC2)cc1. The topological polar surface area (TPSA) is 105 Å². The molecule has 130 valence electrons. The molecule has 1 saturated heterocycles. The van der Waals surface area contributed by atoms with E-state index in [1.807, 2.05) is 18.7 Å². The highest BCUT2D eigenvalue weighted by Gasteiger charge is 2.24. The maximum absolute atomic E-state index is 12.3. The lowest BCUT2D eigenvalue weighted by Gasteiger charge is -2.20. The zero-order chi connectivity index (χ0) is 17.7. The van der Waals surface area contributed by atoms with Crippen LogP contribution in [0, 0.1) is 5.92 Å². The number of amides is 4. The summed E-state index contributed by atoms with van der Waals surface area (Å²) < 4.78 is 0. The third kappa shape index (κ3) is 4.47. The number of nitrogens with zero attached hydrogens (tertiary/aromatic N) is 1. The molecule has 1 aliphatic rings. The summed E-state index contributed by atoms with van der Waals surface area (Å²) >= 11 is 0. The zero-order valence-electron chi connectivity index (χ0n) is 14.0. The first-order valence-electron chi connectivity index (χ1n) is 8.14. The number of anilines is 1. The molecule has 24 heavy (non-hydrogen) atoms. The number of hydrogen-bond donors (Lipinski definition) is 3. The lowest BCUT2D eigenvalue weighted by Crippen LogP contribution is -2.49. The van der Waals surface area contributed by atoms with Crippen LogP contribution in [0.15, 0.2) is 24.3 Å². The van der Waals surface area contributed by atoms with Crippen LogP contribution in [0.25, 0.3) is 0 Å². The first-order chi connectivity index (χ1) is 11.4. The summed E-state index contributed by atoms with van der Waals surface area (Å²) in [6.07, 6.45) is 2.09. The minimum Gasteiger partial charge on any atom is -0.352 e. The van der Waals surface area contributed by atoms with Crippen molar-refractivity contribution in [3.05, 3.63) is 29.8 Å². The van der Waals surface area contributed by atoms with E-state index in [1.165, 1.54) is 0 Å². The number of rotatable bonds is 5. The smallest absolute Gasteiger partial charge is 0.312 e. The summed E-state index contributed by atoms with van der Waals surface area (Å²) in [7, 11) is 0. The van der Waals surface area contributed by atoms with E-state index in [-0.39, 0.29) is 17.7 Å². The molecule has 7 heteroatoms. The van der Waals surface area contributed by atoms with Crippen LogP contribution in [0.1, 0.15) is 37.0 Å². The van der Waals surface area contributed by atoms with Crippen LogP contribution < -0.4 is 16.4 Å².